The highest BCUT2D eigenvalue weighted by atomic mass is 16.2. The maximum absolute atomic E-state index is 10.9. The van der Waals surface area contributed by atoms with Gasteiger partial charge in [-0.15, -0.1) is 0 Å². The minimum Gasteiger partial charge on any atom is -0.365 e. The molecule has 0 unspecified atom stereocenters. The Balaban J connectivity index is 2.81. The zero-order valence-electron chi connectivity index (χ0n) is 5.59. The highest BCUT2D eigenvalue weighted by Gasteiger charge is 2.17. The van der Waals surface area contributed by atoms with E-state index in [-0.39, 0.29) is 11.4 Å². The van der Waals surface area contributed by atoms with E-state index in [0.717, 1.165) is 12.8 Å². The normalized spacial score (nSPS) is 18.4. The standard InChI is InChI=1S/C7H9NO2/c8-7(10)5-3-1-2-4-6(5)9/h3H,1-2,4H2,(H2,8,10). The Morgan fingerprint density at radius 2 is 2.30 bits per heavy atom. The number of carbonyl (C=O) groups is 2. The zero-order chi connectivity index (χ0) is 7.56. The van der Waals surface area contributed by atoms with E-state index in [1.807, 2.05) is 0 Å². The lowest BCUT2D eigenvalue weighted by molar-refractivity contribution is -0.121. The number of hydrogen-bond donors (Lipinski definition) is 1. The maximum Gasteiger partial charge on any atom is 0.251 e. The lowest BCUT2D eigenvalue weighted by Crippen LogP contribution is -2.22. The first kappa shape index (κ1) is 6.99. The molecule has 2 N–H and O–H groups in total. The molecule has 1 amide bonds. The summed E-state index contributed by atoms with van der Waals surface area (Å²) in [5.41, 5.74) is 5.12. The van der Waals surface area contributed by atoms with Gasteiger partial charge in [0.25, 0.3) is 5.91 Å². The van der Waals surface area contributed by atoms with Gasteiger partial charge in [0, 0.05) is 6.42 Å². The molecule has 54 valence electrons. The summed E-state index contributed by atoms with van der Waals surface area (Å²) in [6.45, 7) is 0. The number of primary amides is 1. The smallest absolute Gasteiger partial charge is 0.251 e. The first-order valence-electron chi connectivity index (χ1n) is 3.25. The molecule has 0 saturated heterocycles. The Morgan fingerprint density at radius 3 is 2.70 bits per heavy atom. The second-order valence-electron chi connectivity index (χ2n) is 2.30. The molecule has 3 heteroatoms. The summed E-state index contributed by atoms with van der Waals surface area (Å²) in [6, 6.07) is 0. The van der Waals surface area contributed by atoms with Crippen LogP contribution in [-0.4, -0.2) is 11.7 Å². The van der Waals surface area contributed by atoms with E-state index in [2.05, 4.69) is 0 Å². The second kappa shape index (κ2) is 2.64. The van der Waals surface area contributed by atoms with E-state index in [4.69, 9.17) is 5.73 Å². The van der Waals surface area contributed by atoms with Crippen LogP contribution in [0.3, 0.4) is 0 Å². The van der Waals surface area contributed by atoms with Crippen molar-refractivity contribution in [2.75, 3.05) is 0 Å². The lowest BCUT2D eigenvalue weighted by atomic mass is 9.98. The van der Waals surface area contributed by atoms with Gasteiger partial charge in [-0.1, -0.05) is 6.08 Å². The van der Waals surface area contributed by atoms with Crippen LogP contribution < -0.4 is 5.73 Å². The van der Waals surface area contributed by atoms with Crippen LogP contribution in [0.15, 0.2) is 11.6 Å². The fourth-order valence-electron chi connectivity index (χ4n) is 0.996. The molecule has 0 aromatic heterocycles. The third kappa shape index (κ3) is 1.23. The van der Waals surface area contributed by atoms with Crippen molar-refractivity contribution in [1.29, 1.82) is 0 Å². The van der Waals surface area contributed by atoms with Crippen molar-refractivity contribution in [3.8, 4) is 0 Å². The largest absolute Gasteiger partial charge is 0.365 e. The summed E-state index contributed by atoms with van der Waals surface area (Å²) in [4.78, 5) is 21.4. The highest BCUT2D eigenvalue weighted by molar-refractivity contribution is 6.19. The Kier molecular flexibility index (Phi) is 1.85. The van der Waals surface area contributed by atoms with Crippen molar-refractivity contribution in [2.45, 2.75) is 19.3 Å². The summed E-state index contributed by atoms with van der Waals surface area (Å²) in [5, 5.41) is 0. The minimum atomic E-state index is -0.593. The van der Waals surface area contributed by atoms with Crippen molar-refractivity contribution in [3.05, 3.63) is 11.6 Å². The third-order valence-corrected chi connectivity index (χ3v) is 1.52. The number of amides is 1. The van der Waals surface area contributed by atoms with Gasteiger partial charge in [0.15, 0.2) is 5.78 Å². The fraction of sp³-hybridized carbons (Fsp3) is 0.429. The molecule has 1 rings (SSSR count). The molecule has 10 heavy (non-hydrogen) atoms. The fourth-order valence-corrected chi connectivity index (χ4v) is 0.996. The predicted molar refractivity (Wildman–Crippen MR) is 36.1 cm³/mol. The molecule has 1 aliphatic rings. The molecule has 0 spiro atoms. The molecule has 0 saturated carbocycles. The molecule has 0 bridgehead atoms. The van der Waals surface area contributed by atoms with Crippen LogP contribution in [0, 0.1) is 0 Å². The molecule has 0 aromatic carbocycles. The van der Waals surface area contributed by atoms with Gasteiger partial charge in [-0.25, -0.2) is 0 Å². The Morgan fingerprint density at radius 1 is 1.60 bits per heavy atom. The first-order chi connectivity index (χ1) is 4.72. The van der Waals surface area contributed by atoms with Gasteiger partial charge in [-0.2, -0.15) is 0 Å². The molecular weight excluding hydrogens is 130 g/mol. The average Bonchev–Trinajstić information content (AvgIpc) is 1.88. The van der Waals surface area contributed by atoms with Gasteiger partial charge < -0.3 is 5.73 Å². The summed E-state index contributed by atoms with van der Waals surface area (Å²) in [6.07, 6.45) is 3.72. The van der Waals surface area contributed by atoms with E-state index in [1.54, 1.807) is 6.08 Å². The van der Waals surface area contributed by atoms with E-state index in [9.17, 15) is 9.59 Å². The summed E-state index contributed by atoms with van der Waals surface area (Å²) < 4.78 is 0. The van der Waals surface area contributed by atoms with Crippen LogP contribution >= 0.6 is 0 Å². The van der Waals surface area contributed by atoms with Crippen molar-refractivity contribution >= 4 is 11.7 Å². The minimum absolute atomic E-state index is 0.112. The van der Waals surface area contributed by atoms with Crippen LogP contribution in [0.5, 0.6) is 0 Å². The van der Waals surface area contributed by atoms with Crippen LogP contribution in [0.25, 0.3) is 0 Å². The quantitative estimate of drug-likeness (QED) is 0.526. The number of Topliss-reactive ketones (excluding diaryl/α,β-unsaturated/α-hetero) is 1. The molecule has 1 aliphatic carbocycles. The Bertz CT molecular complexity index is 206. The van der Waals surface area contributed by atoms with Crippen LogP contribution in [-0.2, 0) is 9.59 Å². The van der Waals surface area contributed by atoms with Crippen LogP contribution in [0.1, 0.15) is 19.3 Å². The number of ketones is 1. The van der Waals surface area contributed by atoms with Gasteiger partial charge in [-0.3, -0.25) is 9.59 Å². The van der Waals surface area contributed by atoms with E-state index >= 15 is 0 Å². The van der Waals surface area contributed by atoms with Gasteiger partial charge in [0.1, 0.15) is 0 Å². The molecule has 0 heterocycles. The topological polar surface area (TPSA) is 60.2 Å². The number of allylic oxidation sites excluding steroid dienone is 1. The molecular formula is C7H9NO2. The van der Waals surface area contributed by atoms with Gasteiger partial charge in [0.05, 0.1) is 5.57 Å². The molecule has 3 nitrogen and oxygen atoms in total. The molecule has 0 radical (unpaired) electrons. The summed E-state index contributed by atoms with van der Waals surface area (Å²) >= 11 is 0. The van der Waals surface area contributed by atoms with E-state index in [0.29, 0.717) is 6.42 Å². The van der Waals surface area contributed by atoms with Crippen LogP contribution in [0.2, 0.25) is 0 Å². The van der Waals surface area contributed by atoms with E-state index < -0.39 is 5.91 Å². The molecule has 0 aromatic rings. The SMILES string of the molecule is NC(=O)C1=CCCCC1=O. The maximum atomic E-state index is 10.9. The van der Waals surface area contributed by atoms with Gasteiger partial charge in [0.2, 0.25) is 0 Å². The molecule has 0 fully saturated rings. The first-order valence-corrected chi connectivity index (χ1v) is 3.25. The monoisotopic (exact) mass is 139 g/mol. The second-order valence-corrected chi connectivity index (χ2v) is 2.30. The van der Waals surface area contributed by atoms with E-state index in [1.165, 1.54) is 0 Å². The Hall–Kier alpha value is -1.12. The third-order valence-electron chi connectivity index (χ3n) is 1.52. The Labute approximate surface area is 58.9 Å². The number of carbonyl (C=O) groups excluding carboxylic acids is 2. The van der Waals surface area contributed by atoms with Crippen molar-refractivity contribution in [3.63, 3.8) is 0 Å². The number of hydrogen-bond acceptors (Lipinski definition) is 2. The van der Waals surface area contributed by atoms with Crippen molar-refractivity contribution < 1.29 is 9.59 Å². The summed E-state index contributed by atoms with van der Waals surface area (Å²) in [7, 11) is 0. The molecule has 0 aliphatic heterocycles. The predicted octanol–water partition coefficient (Wildman–Crippen LogP) is 0.151. The number of rotatable bonds is 1. The molecule has 0 atom stereocenters. The summed E-state index contributed by atoms with van der Waals surface area (Å²) in [5.74, 6) is -0.705. The van der Waals surface area contributed by atoms with Gasteiger partial charge in [-0.05, 0) is 12.8 Å². The highest BCUT2D eigenvalue weighted by Crippen LogP contribution is 2.12. The zero-order valence-corrected chi connectivity index (χ0v) is 5.59. The van der Waals surface area contributed by atoms with Crippen LogP contribution in [0.4, 0.5) is 0 Å². The van der Waals surface area contributed by atoms with Crippen molar-refractivity contribution in [2.24, 2.45) is 5.73 Å². The average molecular weight is 139 g/mol. The number of nitrogens with two attached hydrogens (primary N) is 1. The van der Waals surface area contributed by atoms with Gasteiger partial charge >= 0.3 is 0 Å². The lowest BCUT2D eigenvalue weighted by Gasteiger charge is -2.06. The van der Waals surface area contributed by atoms with Crippen molar-refractivity contribution in [1.82, 2.24) is 0 Å².